The Hall–Kier alpha value is -1.06. The summed E-state index contributed by atoms with van der Waals surface area (Å²) >= 11 is 0. The number of cyclic esters (lactones) is 1. The Labute approximate surface area is 137 Å². The first kappa shape index (κ1) is 14.3. The molecule has 0 amide bonds. The number of carbonyl (C=O) groups excluding carboxylic acids is 2. The molecule has 0 N–H and O–H groups in total. The van der Waals surface area contributed by atoms with Crippen molar-refractivity contribution < 1.29 is 19.1 Å². The van der Waals surface area contributed by atoms with Crippen molar-refractivity contribution in [2.24, 2.45) is 53.3 Å². The van der Waals surface area contributed by atoms with E-state index in [1.165, 1.54) is 12.8 Å². The second-order valence-corrected chi connectivity index (χ2v) is 8.72. The minimum absolute atomic E-state index is 0.00943. The van der Waals surface area contributed by atoms with Gasteiger partial charge in [-0.2, -0.15) is 0 Å². The topological polar surface area (TPSA) is 52.6 Å². The standard InChI is InChI=1S/C19H26O4/c1-3-8(2)18(20)23-14-5-9-4-11(14)16-10-6-12(15(9)16)17-13(10)7-22-19(17)21/h8-17H,3-7H2,1-2H3. The predicted octanol–water partition coefficient (Wildman–Crippen LogP) is 2.66. The molecule has 4 nitrogen and oxygen atoms in total. The third-order valence-corrected chi connectivity index (χ3v) is 8.05. The fourth-order valence-corrected chi connectivity index (χ4v) is 7.11. The molecule has 1 aliphatic heterocycles. The van der Waals surface area contributed by atoms with Gasteiger partial charge in [0.1, 0.15) is 6.10 Å². The molecule has 4 bridgehead atoms. The lowest BCUT2D eigenvalue weighted by atomic mass is 9.63. The van der Waals surface area contributed by atoms with E-state index in [4.69, 9.17) is 9.47 Å². The van der Waals surface area contributed by atoms with Crippen LogP contribution in [0.3, 0.4) is 0 Å². The highest BCUT2D eigenvalue weighted by atomic mass is 16.5. The van der Waals surface area contributed by atoms with Crippen molar-refractivity contribution in [2.75, 3.05) is 6.61 Å². The van der Waals surface area contributed by atoms with E-state index in [1.54, 1.807) is 0 Å². The van der Waals surface area contributed by atoms with Gasteiger partial charge in [-0.05, 0) is 61.2 Å². The lowest BCUT2D eigenvalue weighted by molar-refractivity contribution is -0.159. The van der Waals surface area contributed by atoms with Gasteiger partial charge in [-0.15, -0.1) is 0 Å². The van der Waals surface area contributed by atoms with Gasteiger partial charge in [-0.3, -0.25) is 9.59 Å². The minimum atomic E-state index is -0.0120. The van der Waals surface area contributed by atoms with Gasteiger partial charge in [-0.25, -0.2) is 0 Å². The molecule has 4 saturated carbocycles. The maximum absolute atomic E-state index is 12.2. The highest BCUT2D eigenvalue weighted by Gasteiger charge is 2.70. The molecule has 5 rings (SSSR count). The summed E-state index contributed by atoms with van der Waals surface area (Å²) in [6, 6.07) is 0. The van der Waals surface area contributed by atoms with Crippen molar-refractivity contribution in [1.29, 1.82) is 0 Å². The van der Waals surface area contributed by atoms with Crippen LogP contribution in [0.2, 0.25) is 0 Å². The van der Waals surface area contributed by atoms with Crippen molar-refractivity contribution in [3.63, 3.8) is 0 Å². The molecule has 10 unspecified atom stereocenters. The number of hydrogen-bond acceptors (Lipinski definition) is 4. The van der Waals surface area contributed by atoms with Crippen molar-refractivity contribution in [2.45, 2.75) is 45.6 Å². The normalized spacial score (nSPS) is 53.1. The maximum Gasteiger partial charge on any atom is 0.309 e. The molecule has 5 aliphatic rings. The summed E-state index contributed by atoms with van der Waals surface area (Å²) in [7, 11) is 0. The predicted molar refractivity (Wildman–Crippen MR) is 82.1 cm³/mol. The Bertz CT molecular complexity index is 558. The molecule has 0 spiro atoms. The SMILES string of the molecule is CCC(C)C(=O)OC1CC2CC1C1C3CC(C4C(=O)OCC34)C21. The van der Waals surface area contributed by atoms with E-state index < -0.39 is 0 Å². The van der Waals surface area contributed by atoms with Crippen LogP contribution in [0.15, 0.2) is 0 Å². The summed E-state index contributed by atoms with van der Waals surface area (Å²) in [5.41, 5.74) is 0. The van der Waals surface area contributed by atoms with E-state index in [0.29, 0.717) is 48.0 Å². The summed E-state index contributed by atoms with van der Waals surface area (Å²) in [4.78, 5) is 24.3. The van der Waals surface area contributed by atoms with Gasteiger partial charge < -0.3 is 9.47 Å². The van der Waals surface area contributed by atoms with Crippen LogP contribution in [-0.4, -0.2) is 24.6 Å². The highest BCUT2D eigenvalue weighted by Crippen LogP contribution is 2.71. The van der Waals surface area contributed by atoms with Crippen molar-refractivity contribution >= 4 is 11.9 Å². The van der Waals surface area contributed by atoms with Gasteiger partial charge in [0.2, 0.25) is 0 Å². The molecular formula is C19H26O4. The Morgan fingerprint density at radius 2 is 2.00 bits per heavy atom. The molecule has 0 aromatic rings. The van der Waals surface area contributed by atoms with Gasteiger partial charge in [0.05, 0.1) is 18.4 Å². The first-order chi connectivity index (χ1) is 11.1. The zero-order valence-electron chi connectivity index (χ0n) is 13.9. The molecule has 1 saturated heterocycles. The lowest BCUT2D eigenvalue weighted by Crippen LogP contribution is -2.43. The summed E-state index contributed by atoms with van der Waals surface area (Å²) in [5.74, 6) is 4.53. The maximum atomic E-state index is 12.2. The number of hydrogen-bond donors (Lipinski definition) is 0. The first-order valence-corrected chi connectivity index (χ1v) is 9.47. The number of fused-ring (bicyclic) bond motifs is 12. The molecule has 4 aliphatic carbocycles. The van der Waals surface area contributed by atoms with E-state index in [-0.39, 0.29) is 29.9 Å². The van der Waals surface area contributed by atoms with Crippen LogP contribution < -0.4 is 0 Å². The zero-order chi connectivity index (χ0) is 15.9. The van der Waals surface area contributed by atoms with Crippen LogP contribution in [0.25, 0.3) is 0 Å². The van der Waals surface area contributed by atoms with E-state index in [9.17, 15) is 9.59 Å². The molecular weight excluding hydrogens is 292 g/mol. The molecule has 10 atom stereocenters. The van der Waals surface area contributed by atoms with Crippen LogP contribution in [0.1, 0.15) is 39.5 Å². The molecule has 5 fully saturated rings. The summed E-state index contributed by atoms with van der Waals surface area (Å²) in [6.07, 6.45) is 4.45. The molecule has 23 heavy (non-hydrogen) atoms. The van der Waals surface area contributed by atoms with Crippen molar-refractivity contribution in [3.8, 4) is 0 Å². The smallest absolute Gasteiger partial charge is 0.309 e. The van der Waals surface area contributed by atoms with Crippen LogP contribution >= 0.6 is 0 Å². The molecule has 0 aromatic carbocycles. The number of carbonyl (C=O) groups is 2. The number of esters is 2. The fraction of sp³-hybridized carbons (Fsp3) is 0.895. The molecule has 4 heteroatoms. The van der Waals surface area contributed by atoms with Gasteiger partial charge in [0.15, 0.2) is 0 Å². The molecule has 1 heterocycles. The van der Waals surface area contributed by atoms with Gasteiger partial charge in [0, 0.05) is 5.92 Å². The summed E-state index contributed by atoms with van der Waals surface area (Å²) < 4.78 is 11.3. The van der Waals surface area contributed by atoms with Crippen molar-refractivity contribution in [1.82, 2.24) is 0 Å². The second-order valence-electron chi connectivity index (χ2n) is 8.72. The van der Waals surface area contributed by atoms with Crippen LogP contribution in [0.4, 0.5) is 0 Å². The molecule has 126 valence electrons. The monoisotopic (exact) mass is 318 g/mol. The summed E-state index contributed by atoms with van der Waals surface area (Å²) in [5, 5.41) is 0. The van der Waals surface area contributed by atoms with E-state index in [1.807, 2.05) is 13.8 Å². The Balaban J connectivity index is 1.35. The summed E-state index contributed by atoms with van der Waals surface area (Å²) in [6.45, 7) is 4.64. The van der Waals surface area contributed by atoms with Crippen LogP contribution in [-0.2, 0) is 19.1 Å². The zero-order valence-corrected chi connectivity index (χ0v) is 13.9. The van der Waals surface area contributed by atoms with Crippen LogP contribution in [0, 0.1) is 53.3 Å². The minimum Gasteiger partial charge on any atom is -0.465 e. The Morgan fingerprint density at radius 3 is 2.78 bits per heavy atom. The van der Waals surface area contributed by atoms with E-state index >= 15 is 0 Å². The molecule has 0 aromatic heterocycles. The highest BCUT2D eigenvalue weighted by molar-refractivity contribution is 5.76. The van der Waals surface area contributed by atoms with Crippen molar-refractivity contribution in [3.05, 3.63) is 0 Å². The molecule has 0 radical (unpaired) electrons. The number of rotatable bonds is 3. The number of ether oxygens (including phenoxy) is 2. The van der Waals surface area contributed by atoms with Gasteiger partial charge in [0.25, 0.3) is 0 Å². The third-order valence-electron chi connectivity index (χ3n) is 8.05. The van der Waals surface area contributed by atoms with Crippen LogP contribution in [0.5, 0.6) is 0 Å². The Morgan fingerprint density at radius 1 is 1.17 bits per heavy atom. The third kappa shape index (κ3) is 1.73. The first-order valence-electron chi connectivity index (χ1n) is 9.47. The lowest BCUT2D eigenvalue weighted by Gasteiger charge is -2.41. The average molecular weight is 318 g/mol. The quantitative estimate of drug-likeness (QED) is 0.593. The van der Waals surface area contributed by atoms with E-state index in [0.717, 1.165) is 12.8 Å². The van der Waals surface area contributed by atoms with Gasteiger partial charge >= 0.3 is 11.9 Å². The van der Waals surface area contributed by atoms with E-state index in [2.05, 4.69) is 0 Å². The van der Waals surface area contributed by atoms with Gasteiger partial charge in [-0.1, -0.05) is 13.8 Å². The average Bonchev–Trinajstić information content (AvgIpc) is 3.29. The second kappa shape index (κ2) is 4.73. The Kier molecular flexibility index (Phi) is 2.94. The largest absolute Gasteiger partial charge is 0.465 e. The fourth-order valence-electron chi connectivity index (χ4n) is 7.11.